The molecule has 0 aromatic heterocycles. The van der Waals surface area contributed by atoms with Crippen molar-refractivity contribution >= 4 is 44.8 Å². The average Bonchev–Trinajstić information content (AvgIpc) is 2.42. The number of amides is 1. The van der Waals surface area contributed by atoms with Gasteiger partial charge in [0, 0.05) is 21.4 Å². The molecular formula is C14H9BrClN3O. The second kappa shape index (κ2) is 5.95. The van der Waals surface area contributed by atoms with Crippen LogP contribution in [0.5, 0.6) is 0 Å². The van der Waals surface area contributed by atoms with Crippen LogP contribution in [0.4, 0.5) is 11.4 Å². The topological polar surface area (TPSA) is 78.9 Å². The van der Waals surface area contributed by atoms with Crippen molar-refractivity contribution in [2.75, 3.05) is 11.1 Å². The van der Waals surface area contributed by atoms with E-state index in [-0.39, 0.29) is 5.91 Å². The molecule has 0 radical (unpaired) electrons. The Morgan fingerprint density at radius 1 is 1.30 bits per heavy atom. The molecule has 0 bridgehead atoms. The van der Waals surface area contributed by atoms with Crippen LogP contribution in [-0.2, 0) is 0 Å². The Morgan fingerprint density at radius 2 is 2.05 bits per heavy atom. The van der Waals surface area contributed by atoms with Gasteiger partial charge in [0.1, 0.15) is 6.07 Å². The Morgan fingerprint density at radius 3 is 2.65 bits per heavy atom. The first kappa shape index (κ1) is 14.4. The van der Waals surface area contributed by atoms with Crippen LogP contribution in [0.2, 0.25) is 5.02 Å². The maximum atomic E-state index is 12.1. The summed E-state index contributed by atoms with van der Waals surface area (Å²) in [6.07, 6.45) is 0. The van der Waals surface area contributed by atoms with E-state index in [1.54, 1.807) is 30.3 Å². The van der Waals surface area contributed by atoms with Crippen molar-refractivity contribution in [1.29, 1.82) is 5.26 Å². The highest BCUT2D eigenvalue weighted by molar-refractivity contribution is 9.10. The van der Waals surface area contributed by atoms with Crippen LogP contribution < -0.4 is 11.1 Å². The van der Waals surface area contributed by atoms with Gasteiger partial charge in [-0.05, 0) is 52.3 Å². The maximum Gasteiger partial charge on any atom is 0.255 e. The average molecular weight is 351 g/mol. The third-order valence-electron chi connectivity index (χ3n) is 2.61. The van der Waals surface area contributed by atoms with Gasteiger partial charge < -0.3 is 11.1 Å². The van der Waals surface area contributed by atoms with Gasteiger partial charge in [0.15, 0.2) is 0 Å². The summed E-state index contributed by atoms with van der Waals surface area (Å²) >= 11 is 9.17. The number of nitrogen functional groups attached to an aromatic ring is 1. The fourth-order valence-corrected chi connectivity index (χ4v) is 2.04. The van der Waals surface area contributed by atoms with Gasteiger partial charge in [-0.25, -0.2) is 0 Å². The number of carbonyl (C=O) groups excluding carboxylic acids is 1. The predicted molar refractivity (Wildman–Crippen MR) is 82.7 cm³/mol. The van der Waals surface area contributed by atoms with E-state index in [0.717, 1.165) is 4.47 Å². The molecule has 0 aliphatic heterocycles. The molecule has 0 atom stereocenters. The summed E-state index contributed by atoms with van der Waals surface area (Å²) in [6, 6.07) is 11.6. The lowest BCUT2D eigenvalue weighted by Crippen LogP contribution is -2.12. The lowest BCUT2D eigenvalue weighted by Gasteiger charge is -2.07. The predicted octanol–water partition coefficient (Wildman–Crippen LogP) is 3.81. The molecule has 2 aromatic rings. The van der Waals surface area contributed by atoms with Crippen LogP contribution in [0.3, 0.4) is 0 Å². The van der Waals surface area contributed by atoms with Gasteiger partial charge >= 0.3 is 0 Å². The molecular weight excluding hydrogens is 342 g/mol. The molecule has 20 heavy (non-hydrogen) atoms. The zero-order valence-corrected chi connectivity index (χ0v) is 12.5. The molecule has 0 saturated carbocycles. The Hall–Kier alpha value is -2.03. The Labute approximate surface area is 129 Å². The van der Waals surface area contributed by atoms with Crippen molar-refractivity contribution in [2.45, 2.75) is 0 Å². The summed E-state index contributed by atoms with van der Waals surface area (Å²) < 4.78 is 0.732. The lowest BCUT2D eigenvalue weighted by atomic mass is 10.1. The highest BCUT2D eigenvalue weighted by Gasteiger charge is 2.09. The molecule has 0 heterocycles. The molecule has 0 saturated heterocycles. The standard InChI is InChI=1S/C14H9BrClN3O/c15-11-4-2-8(5-13(11)18)14(20)19-10-3-1-9(7-17)12(16)6-10/h1-6H,18H2,(H,19,20). The molecule has 3 N–H and O–H groups in total. The maximum absolute atomic E-state index is 12.1. The minimum absolute atomic E-state index is 0.292. The van der Waals surface area contributed by atoms with Crippen molar-refractivity contribution in [1.82, 2.24) is 0 Å². The summed E-state index contributed by atoms with van der Waals surface area (Å²) in [5.74, 6) is -0.301. The number of halogens is 2. The lowest BCUT2D eigenvalue weighted by molar-refractivity contribution is 0.102. The van der Waals surface area contributed by atoms with Crippen molar-refractivity contribution in [3.05, 3.63) is 57.0 Å². The number of nitrogens with two attached hydrogens (primary N) is 1. The molecule has 100 valence electrons. The molecule has 0 aliphatic rings. The summed E-state index contributed by atoms with van der Waals surface area (Å²) in [4.78, 5) is 12.1. The monoisotopic (exact) mass is 349 g/mol. The van der Waals surface area contributed by atoms with Gasteiger partial charge in [-0.3, -0.25) is 4.79 Å². The Bertz CT molecular complexity index is 725. The second-order valence-corrected chi connectivity index (χ2v) is 5.26. The third kappa shape index (κ3) is 3.10. The summed E-state index contributed by atoms with van der Waals surface area (Å²) in [5.41, 5.74) is 7.52. The minimum atomic E-state index is -0.301. The first-order chi connectivity index (χ1) is 9.51. The number of benzene rings is 2. The van der Waals surface area contributed by atoms with Crippen LogP contribution in [0, 0.1) is 11.3 Å². The molecule has 0 unspecified atom stereocenters. The second-order valence-electron chi connectivity index (χ2n) is 4.00. The van der Waals surface area contributed by atoms with Crippen LogP contribution in [0.1, 0.15) is 15.9 Å². The van der Waals surface area contributed by atoms with E-state index >= 15 is 0 Å². The van der Waals surface area contributed by atoms with E-state index in [2.05, 4.69) is 21.2 Å². The molecule has 0 aliphatic carbocycles. The zero-order valence-electron chi connectivity index (χ0n) is 10.2. The SMILES string of the molecule is N#Cc1ccc(NC(=O)c2ccc(Br)c(N)c2)cc1Cl. The normalized spacial score (nSPS) is 9.85. The number of hydrogen-bond donors (Lipinski definition) is 2. The summed E-state index contributed by atoms with van der Waals surface area (Å²) in [7, 11) is 0. The molecule has 4 nitrogen and oxygen atoms in total. The molecule has 2 rings (SSSR count). The van der Waals surface area contributed by atoms with Gasteiger partial charge in [-0.15, -0.1) is 0 Å². The molecule has 0 spiro atoms. The van der Waals surface area contributed by atoms with Gasteiger partial charge in [0.05, 0.1) is 10.6 Å². The van der Waals surface area contributed by atoms with Crippen molar-refractivity contribution in [3.8, 4) is 6.07 Å². The highest BCUT2D eigenvalue weighted by Crippen LogP contribution is 2.23. The van der Waals surface area contributed by atoms with Gasteiger partial charge in [-0.2, -0.15) is 5.26 Å². The number of hydrogen-bond acceptors (Lipinski definition) is 3. The molecule has 0 fully saturated rings. The van der Waals surface area contributed by atoms with Crippen LogP contribution in [-0.4, -0.2) is 5.91 Å². The van der Waals surface area contributed by atoms with Crippen molar-refractivity contribution in [2.24, 2.45) is 0 Å². The van der Waals surface area contributed by atoms with Crippen LogP contribution in [0.15, 0.2) is 40.9 Å². The largest absolute Gasteiger partial charge is 0.398 e. The highest BCUT2D eigenvalue weighted by atomic mass is 79.9. The summed E-state index contributed by atoms with van der Waals surface area (Å²) in [5, 5.41) is 11.8. The fraction of sp³-hybridized carbons (Fsp3) is 0. The van der Waals surface area contributed by atoms with Crippen LogP contribution >= 0.6 is 27.5 Å². The van der Waals surface area contributed by atoms with Crippen molar-refractivity contribution in [3.63, 3.8) is 0 Å². The number of anilines is 2. The first-order valence-electron chi connectivity index (χ1n) is 5.57. The number of nitrogens with one attached hydrogen (secondary N) is 1. The van der Waals surface area contributed by atoms with E-state index in [9.17, 15) is 4.79 Å². The van der Waals surface area contributed by atoms with E-state index in [1.807, 2.05) is 6.07 Å². The Balaban J connectivity index is 2.21. The number of nitriles is 1. The van der Waals surface area contributed by atoms with E-state index in [4.69, 9.17) is 22.6 Å². The molecule has 6 heteroatoms. The van der Waals surface area contributed by atoms with Crippen molar-refractivity contribution < 1.29 is 4.79 Å². The van der Waals surface area contributed by atoms with Gasteiger partial charge in [0.25, 0.3) is 5.91 Å². The molecule has 1 amide bonds. The fourth-order valence-electron chi connectivity index (χ4n) is 1.57. The van der Waals surface area contributed by atoms with Crippen LogP contribution in [0.25, 0.3) is 0 Å². The molecule has 2 aromatic carbocycles. The Kier molecular flexibility index (Phi) is 4.28. The quantitative estimate of drug-likeness (QED) is 0.808. The van der Waals surface area contributed by atoms with Gasteiger partial charge in [-0.1, -0.05) is 11.6 Å². The number of rotatable bonds is 2. The smallest absolute Gasteiger partial charge is 0.255 e. The summed E-state index contributed by atoms with van der Waals surface area (Å²) in [6.45, 7) is 0. The van der Waals surface area contributed by atoms with Gasteiger partial charge in [0.2, 0.25) is 0 Å². The zero-order chi connectivity index (χ0) is 14.7. The number of carbonyl (C=O) groups is 1. The number of nitrogens with zero attached hydrogens (tertiary/aromatic N) is 1. The first-order valence-corrected chi connectivity index (χ1v) is 6.74. The third-order valence-corrected chi connectivity index (χ3v) is 3.64. The van der Waals surface area contributed by atoms with E-state index in [0.29, 0.717) is 27.5 Å². The van der Waals surface area contributed by atoms with E-state index < -0.39 is 0 Å². The van der Waals surface area contributed by atoms with E-state index in [1.165, 1.54) is 6.07 Å². The minimum Gasteiger partial charge on any atom is -0.398 e.